The summed E-state index contributed by atoms with van der Waals surface area (Å²) < 4.78 is 0. The summed E-state index contributed by atoms with van der Waals surface area (Å²) in [6, 6.07) is 10.2. The van der Waals surface area contributed by atoms with Crippen molar-refractivity contribution in [1.29, 1.82) is 0 Å². The molecule has 18 heavy (non-hydrogen) atoms. The molecule has 2 heteroatoms. The summed E-state index contributed by atoms with van der Waals surface area (Å²) in [6.07, 6.45) is 3.97. The maximum absolute atomic E-state index is 3.60. The van der Waals surface area contributed by atoms with Gasteiger partial charge >= 0.3 is 0 Å². The van der Waals surface area contributed by atoms with Gasteiger partial charge in [0.25, 0.3) is 0 Å². The van der Waals surface area contributed by atoms with Gasteiger partial charge in [-0.15, -0.1) is 0 Å². The number of nitrogens with one attached hydrogen (secondary N) is 1. The molecule has 0 aromatic heterocycles. The van der Waals surface area contributed by atoms with Gasteiger partial charge in [-0.2, -0.15) is 0 Å². The highest BCUT2D eigenvalue weighted by atomic mass is 15.2. The summed E-state index contributed by atoms with van der Waals surface area (Å²) in [7, 11) is 0. The van der Waals surface area contributed by atoms with E-state index in [0.717, 1.165) is 18.5 Å². The van der Waals surface area contributed by atoms with Gasteiger partial charge in [-0.3, -0.25) is 4.90 Å². The molecule has 98 valence electrons. The number of piperidine rings is 1. The van der Waals surface area contributed by atoms with E-state index in [9.17, 15) is 0 Å². The minimum atomic E-state index is 0.678. The molecular formula is C16H24N2. The van der Waals surface area contributed by atoms with Crippen LogP contribution in [-0.2, 0) is 6.42 Å². The summed E-state index contributed by atoms with van der Waals surface area (Å²) in [4.78, 5) is 2.73. The highest BCUT2D eigenvalue weighted by Gasteiger charge is 2.31. The van der Waals surface area contributed by atoms with Crippen LogP contribution in [0.4, 0.5) is 5.69 Å². The van der Waals surface area contributed by atoms with E-state index in [4.69, 9.17) is 0 Å². The second-order valence-electron chi connectivity index (χ2n) is 5.99. The van der Waals surface area contributed by atoms with E-state index in [2.05, 4.69) is 48.3 Å². The number of likely N-dealkylation sites (tertiary alicyclic amines) is 1. The van der Waals surface area contributed by atoms with Gasteiger partial charge in [0, 0.05) is 24.3 Å². The van der Waals surface area contributed by atoms with Gasteiger partial charge in [0.05, 0.1) is 0 Å². The second kappa shape index (κ2) is 4.93. The van der Waals surface area contributed by atoms with Crippen LogP contribution in [0.2, 0.25) is 0 Å². The maximum Gasteiger partial charge on any atom is 0.0373 e. The number of rotatable bonds is 1. The van der Waals surface area contributed by atoms with E-state index in [0.29, 0.717) is 6.04 Å². The minimum Gasteiger partial charge on any atom is -0.383 e. The van der Waals surface area contributed by atoms with E-state index < -0.39 is 0 Å². The van der Waals surface area contributed by atoms with Crippen LogP contribution in [0.3, 0.4) is 0 Å². The average Bonchev–Trinajstić information content (AvgIpc) is 2.41. The zero-order valence-electron chi connectivity index (χ0n) is 11.5. The summed E-state index contributed by atoms with van der Waals surface area (Å²) in [6.45, 7) is 7.19. The molecule has 0 bridgehead atoms. The fourth-order valence-electron chi connectivity index (χ4n) is 3.54. The predicted molar refractivity (Wildman–Crippen MR) is 77.0 cm³/mol. The zero-order valence-corrected chi connectivity index (χ0v) is 11.5. The predicted octanol–water partition coefficient (Wildman–Crippen LogP) is 3.14. The number of hydrogen-bond acceptors (Lipinski definition) is 2. The Balaban J connectivity index is 1.75. The van der Waals surface area contributed by atoms with Gasteiger partial charge in [-0.05, 0) is 50.3 Å². The molecule has 2 aliphatic heterocycles. The minimum absolute atomic E-state index is 0.678. The lowest BCUT2D eigenvalue weighted by molar-refractivity contribution is 0.0718. The molecule has 2 aliphatic rings. The number of nitrogens with zero attached hydrogens (tertiary/aromatic N) is 1. The highest BCUT2D eigenvalue weighted by Crippen LogP contribution is 2.29. The number of fused-ring (bicyclic) bond motifs is 1. The Labute approximate surface area is 110 Å². The van der Waals surface area contributed by atoms with Gasteiger partial charge < -0.3 is 5.32 Å². The van der Waals surface area contributed by atoms with E-state index in [1.807, 2.05) is 0 Å². The van der Waals surface area contributed by atoms with Crippen molar-refractivity contribution < 1.29 is 0 Å². The van der Waals surface area contributed by atoms with Crippen LogP contribution in [0.1, 0.15) is 32.3 Å². The Bertz CT molecular complexity index is 415. The molecule has 0 aliphatic carbocycles. The first-order valence-electron chi connectivity index (χ1n) is 7.33. The molecule has 0 spiro atoms. The van der Waals surface area contributed by atoms with Gasteiger partial charge in [0.2, 0.25) is 0 Å². The van der Waals surface area contributed by atoms with Gasteiger partial charge in [0.15, 0.2) is 0 Å². The van der Waals surface area contributed by atoms with Gasteiger partial charge in [-0.1, -0.05) is 25.1 Å². The topological polar surface area (TPSA) is 15.3 Å². The molecule has 0 saturated carbocycles. The van der Waals surface area contributed by atoms with Crippen molar-refractivity contribution in [2.75, 3.05) is 18.4 Å². The van der Waals surface area contributed by atoms with Gasteiger partial charge in [0.1, 0.15) is 0 Å². The van der Waals surface area contributed by atoms with Crippen molar-refractivity contribution in [3.05, 3.63) is 29.8 Å². The first-order chi connectivity index (χ1) is 8.75. The fourth-order valence-corrected chi connectivity index (χ4v) is 3.54. The second-order valence-corrected chi connectivity index (χ2v) is 5.99. The standard InChI is InChI=1S/C16H24N2/c1-12-6-5-9-18(13(12)2)15-10-14-7-3-4-8-16(14)17-11-15/h3-4,7-8,12-13,15,17H,5-6,9-11H2,1-2H3. The quantitative estimate of drug-likeness (QED) is 0.816. The van der Waals surface area contributed by atoms with Crippen LogP contribution in [0.5, 0.6) is 0 Å². The Morgan fingerprint density at radius 2 is 2.06 bits per heavy atom. The van der Waals surface area contributed by atoms with Crippen LogP contribution >= 0.6 is 0 Å². The largest absolute Gasteiger partial charge is 0.383 e. The van der Waals surface area contributed by atoms with E-state index in [1.54, 1.807) is 0 Å². The highest BCUT2D eigenvalue weighted by molar-refractivity contribution is 5.53. The SMILES string of the molecule is CC1CCCN(C2CNc3ccccc3C2)C1C. The monoisotopic (exact) mass is 244 g/mol. The maximum atomic E-state index is 3.60. The molecule has 0 amide bonds. The zero-order chi connectivity index (χ0) is 12.5. The molecule has 1 fully saturated rings. The van der Waals surface area contributed by atoms with E-state index in [-0.39, 0.29) is 0 Å². The van der Waals surface area contributed by atoms with Crippen LogP contribution in [0, 0.1) is 5.92 Å². The lowest BCUT2D eigenvalue weighted by Crippen LogP contribution is -2.52. The summed E-state index contributed by atoms with van der Waals surface area (Å²) >= 11 is 0. The number of hydrogen-bond donors (Lipinski definition) is 1. The van der Waals surface area contributed by atoms with Crippen molar-refractivity contribution in [2.45, 2.75) is 45.2 Å². The molecule has 3 rings (SSSR count). The molecule has 3 atom stereocenters. The molecule has 1 N–H and O–H groups in total. The molecule has 2 nitrogen and oxygen atoms in total. The van der Waals surface area contributed by atoms with Crippen molar-refractivity contribution in [3.63, 3.8) is 0 Å². The van der Waals surface area contributed by atoms with Crippen molar-refractivity contribution in [2.24, 2.45) is 5.92 Å². The first kappa shape index (κ1) is 12.0. The van der Waals surface area contributed by atoms with Crippen molar-refractivity contribution in [1.82, 2.24) is 4.90 Å². The number of para-hydroxylation sites is 1. The molecule has 1 saturated heterocycles. The summed E-state index contributed by atoms with van der Waals surface area (Å²) in [5.41, 5.74) is 2.82. The third-order valence-corrected chi connectivity index (χ3v) is 4.89. The summed E-state index contributed by atoms with van der Waals surface area (Å²) in [5, 5.41) is 3.60. The third-order valence-electron chi connectivity index (χ3n) is 4.89. The fraction of sp³-hybridized carbons (Fsp3) is 0.625. The third kappa shape index (κ3) is 2.14. The van der Waals surface area contributed by atoms with Crippen molar-refractivity contribution >= 4 is 5.69 Å². The van der Waals surface area contributed by atoms with Crippen LogP contribution in [0.15, 0.2) is 24.3 Å². The first-order valence-corrected chi connectivity index (χ1v) is 7.33. The van der Waals surface area contributed by atoms with Crippen molar-refractivity contribution in [3.8, 4) is 0 Å². The smallest absolute Gasteiger partial charge is 0.0373 e. The normalized spacial score (nSPS) is 32.7. The molecule has 3 unspecified atom stereocenters. The Hall–Kier alpha value is -1.02. The Morgan fingerprint density at radius 1 is 1.22 bits per heavy atom. The van der Waals surface area contributed by atoms with Crippen LogP contribution in [-0.4, -0.2) is 30.1 Å². The van der Waals surface area contributed by atoms with E-state index >= 15 is 0 Å². The van der Waals surface area contributed by atoms with Crippen LogP contribution < -0.4 is 5.32 Å². The number of anilines is 1. The van der Waals surface area contributed by atoms with E-state index in [1.165, 1.54) is 37.1 Å². The number of benzene rings is 1. The van der Waals surface area contributed by atoms with Crippen LogP contribution in [0.25, 0.3) is 0 Å². The molecule has 1 aromatic rings. The Kier molecular flexibility index (Phi) is 3.29. The molecule has 0 radical (unpaired) electrons. The lowest BCUT2D eigenvalue weighted by Gasteiger charge is -2.44. The molecular weight excluding hydrogens is 220 g/mol. The Morgan fingerprint density at radius 3 is 2.94 bits per heavy atom. The lowest BCUT2D eigenvalue weighted by atomic mass is 9.88. The average molecular weight is 244 g/mol. The molecule has 2 heterocycles. The van der Waals surface area contributed by atoms with Gasteiger partial charge in [-0.25, -0.2) is 0 Å². The molecule has 1 aromatic carbocycles. The summed E-state index contributed by atoms with van der Waals surface area (Å²) in [5.74, 6) is 0.843.